The van der Waals surface area contributed by atoms with Crippen molar-refractivity contribution in [2.45, 2.75) is 71.9 Å². The topological polar surface area (TPSA) is 26.3 Å². The van der Waals surface area contributed by atoms with Gasteiger partial charge in [-0.25, -0.2) is 0 Å². The summed E-state index contributed by atoms with van der Waals surface area (Å²) in [4.78, 5) is 0. The molecule has 96 valence electrons. The molecule has 0 aromatic rings. The van der Waals surface area contributed by atoms with Crippen molar-refractivity contribution >= 4 is 8.03 Å². The van der Waals surface area contributed by atoms with Crippen LogP contribution in [0.3, 0.4) is 0 Å². The van der Waals surface area contributed by atoms with E-state index < -0.39 is 8.03 Å². The van der Waals surface area contributed by atoms with Gasteiger partial charge in [-0.15, -0.1) is 4.52 Å². The highest BCUT2D eigenvalue weighted by Crippen LogP contribution is 2.33. The third kappa shape index (κ3) is 9.30. The van der Waals surface area contributed by atoms with Crippen LogP contribution in [0.25, 0.3) is 0 Å². The Morgan fingerprint density at radius 2 is 1.69 bits per heavy atom. The van der Waals surface area contributed by atoms with Gasteiger partial charge in [0.2, 0.25) is 0 Å². The number of hydrogen-bond acceptors (Lipinski definition) is 2. The lowest BCUT2D eigenvalue weighted by molar-refractivity contribution is 0.278. The highest BCUT2D eigenvalue weighted by molar-refractivity contribution is 7.40. The molecule has 0 bridgehead atoms. The average Bonchev–Trinajstić information content (AvgIpc) is 2.25. The lowest BCUT2D eigenvalue weighted by atomic mass is 10.1. The highest BCUT2D eigenvalue weighted by atomic mass is 31.1. The fourth-order valence-corrected chi connectivity index (χ4v) is 2.59. The molecule has 0 amide bonds. The van der Waals surface area contributed by atoms with E-state index in [2.05, 4.69) is 20.8 Å². The zero-order chi connectivity index (χ0) is 12.4. The zero-order valence-corrected chi connectivity index (χ0v) is 12.3. The van der Waals surface area contributed by atoms with Crippen molar-refractivity contribution in [2.24, 2.45) is 5.92 Å². The van der Waals surface area contributed by atoms with E-state index in [4.69, 9.17) is 4.52 Å². The van der Waals surface area contributed by atoms with Crippen molar-refractivity contribution in [3.05, 3.63) is 0 Å². The molecule has 0 saturated carbocycles. The van der Waals surface area contributed by atoms with Gasteiger partial charge in [0.25, 0.3) is 0 Å². The summed E-state index contributed by atoms with van der Waals surface area (Å²) < 4.78 is 17.0. The smallest absolute Gasteiger partial charge is 0.146 e. The van der Waals surface area contributed by atoms with E-state index in [1.807, 2.05) is 6.92 Å². The lowest BCUT2D eigenvalue weighted by Gasteiger charge is -2.02. The Labute approximate surface area is 102 Å². The molecule has 0 aliphatic heterocycles. The molecule has 0 heterocycles. The summed E-state index contributed by atoms with van der Waals surface area (Å²) in [5, 5.41) is 0. The first kappa shape index (κ1) is 16.1. The molecule has 0 rings (SSSR count). The van der Waals surface area contributed by atoms with Crippen LogP contribution in [0.1, 0.15) is 66.2 Å². The van der Waals surface area contributed by atoms with Gasteiger partial charge in [-0.1, -0.05) is 46.5 Å². The van der Waals surface area contributed by atoms with Crippen molar-refractivity contribution in [1.82, 2.24) is 0 Å². The minimum absolute atomic E-state index is 0.218. The summed E-state index contributed by atoms with van der Waals surface area (Å²) in [5.41, 5.74) is 0.218. The Hall–Kier alpha value is 0.0600. The van der Waals surface area contributed by atoms with Crippen LogP contribution in [-0.4, -0.2) is 12.3 Å². The third-order valence-corrected chi connectivity index (χ3v) is 4.00. The van der Waals surface area contributed by atoms with Gasteiger partial charge in [0.15, 0.2) is 5.66 Å². The minimum Gasteiger partial charge on any atom is -0.146 e. The van der Waals surface area contributed by atoms with Gasteiger partial charge in [0.05, 0.1) is 0 Å². The van der Waals surface area contributed by atoms with Crippen LogP contribution in [0, 0.1) is 5.92 Å². The molecule has 0 aliphatic rings. The van der Waals surface area contributed by atoms with Crippen molar-refractivity contribution < 1.29 is 9.09 Å². The van der Waals surface area contributed by atoms with Crippen LogP contribution in [0.2, 0.25) is 0 Å². The van der Waals surface area contributed by atoms with Crippen LogP contribution < -0.4 is 0 Å². The molecule has 0 N–H and O–H groups in total. The van der Waals surface area contributed by atoms with E-state index >= 15 is 0 Å². The van der Waals surface area contributed by atoms with E-state index in [9.17, 15) is 4.57 Å². The summed E-state index contributed by atoms with van der Waals surface area (Å²) in [6.07, 6.45) is 7.41. The molecule has 0 aliphatic carbocycles. The zero-order valence-electron chi connectivity index (χ0n) is 11.4. The summed E-state index contributed by atoms with van der Waals surface area (Å²) in [6, 6.07) is 0. The monoisotopic (exact) mass is 247 g/mol. The molecule has 0 fully saturated rings. The second kappa shape index (κ2) is 10.2. The Balaban J connectivity index is 3.47. The molecule has 0 spiro atoms. The summed E-state index contributed by atoms with van der Waals surface area (Å²) in [7, 11) is -1.45. The van der Waals surface area contributed by atoms with E-state index in [0.717, 1.165) is 6.42 Å². The molecule has 0 saturated heterocycles. The van der Waals surface area contributed by atoms with Crippen molar-refractivity contribution in [3.8, 4) is 0 Å². The molecule has 0 aromatic heterocycles. The fourth-order valence-electron chi connectivity index (χ4n) is 1.50. The number of unbranched alkanes of at least 4 members (excludes halogenated alkanes) is 4. The first-order chi connectivity index (χ1) is 7.57. The molecule has 0 aromatic carbocycles. The third-order valence-electron chi connectivity index (χ3n) is 2.62. The fraction of sp³-hybridized carbons (Fsp3) is 1.00. The lowest BCUT2D eigenvalue weighted by Crippen LogP contribution is -2.02. The normalized spacial score (nSPS) is 14.2. The average molecular weight is 247 g/mol. The summed E-state index contributed by atoms with van der Waals surface area (Å²) >= 11 is 0. The molecule has 16 heavy (non-hydrogen) atoms. The molecule has 2 nitrogen and oxygen atoms in total. The van der Waals surface area contributed by atoms with Gasteiger partial charge in [-0.3, -0.25) is 0 Å². The second-order valence-corrected chi connectivity index (χ2v) is 6.74. The maximum absolute atomic E-state index is 11.7. The van der Waals surface area contributed by atoms with Gasteiger partial charge < -0.3 is 0 Å². The summed E-state index contributed by atoms with van der Waals surface area (Å²) in [5.74, 6) is 0.468. The van der Waals surface area contributed by atoms with Gasteiger partial charge >= 0.3 is 8.03 Å². The first-order valence-electron chi connectivity index (χ1n) is 6.67. The van der Waals surface area contributed by atoms with Crippen LogP contribution >= 0.6 is 8.03 Å². The number of hydrogen-bond donors (Lipinski definition) is 0. The Morgan fingerprint density at radius 1 is 1.06 bits per heavy atom. The molecule has 3 heteroatoms. The largest absolute Gasteiger partial charge is 0.510 e. The predicted molar refractivity (Wildman–Crippen MR) is 71.2 cm³/mol. The molecule has 0 radical (unpaired) electrons. The molecular formula is C13H28O2P+. The Kier molecular flexibility index (Phi) is 10.3. The van der Waals surface area contributed by atoms with Crippen LogP contribution in [0.5, 0.6) is 0 Å². The predicted octanol–water partition coefficient (Wildman–Crippen LogP) is 5.15. The van der Waals surface area contributed by atoms with Crippen LogP contribution in [0.4, 0.5) is 0 Å². The quantitative estimate of drug-likeness (QED) is 0.394. The first-order valence-corrected chi connectivity index (χ1v) is 7.91. The molecule has 2 atom stereocenters. The number of rotatable bonds is 10. The van der Waals surface area contributed by atoms with Gasteiger partial charge in [-0.2, -0.15) is 0 Å². The van der Waals surface area contributed by atoms with E-state index in [-0.39, 0.29) is 5.66 Å². The van der Waals surface area contributed by atoms with Crippen LogP contribution in [0.15, 0.2) is 0 Å². The van der Waals surface area contributed by atoms with Crippen molar-refractivity contribution in [3.63, 3.8) is 0 Å². The highest BCUT2D eigenvalue weighted by Gasteiger charge is 2.27. The van der Waals surface area contributed by atoms with E-state index in [1.165, 1.54) is 32.1 Å². The maximum atomic E-state index is 11.7. The van der Waals surface area contributed by atoms with Gasteiger partial charge in [0.1, 0.15) is 6.61 Å². The van der Waals surface area contributed by atoms with Crippen LogP contribution in [-0.2, 0) is 9.09 Å². The minimum atomic E-state index is -1.45. The summed E-state index contributed by atoms with van der Waals surface area (Å²) in [6.45, 7) is 9.05. The van der Waals surface area contributed by atoms with Crippen molar-refractivity contribution in [2.75, 3.05) is 6.61 Å². The Morgan fingerprint density at radius 3 is 2.25 bits per heavy atom. The molecular weight excluding hydrogens is 219 g/mol. The van der Waals surface area contributed by atoms with E-state index in [1.54, 1.807) is 0 Å². The van der Waals surface area contributed by atoms with Gasteiger partial charge in [0, 0.05) is 0 Å². The second-order valence-electron chi connectivity index (χ2n) is 5.03. The Bertz CT molecular complexity index is 181. The molecule has 2 unspecified atom stereocenters. The van der Waals surface area contributed by atoms with Gasteiger partial charge in [-0.05, 0) is 30.2 Å². The standard InChI is InChI=1S/C13H28O2P/c1-5-6-7-8-9-10-13(4)16(14)15-11-12(2)3/h12-13H,5-11H2,1-4H3/q+1. The maximum Gasteiger partial charge on any atom is 0.510 e. The SMILES string of the molecule is CCCCCCCC(C)[P+](=O)OCC(C)C. The van der Waals surface area contributed by atoms with E-state index in [0.29, 0.717) is 12.5 Å². The van der Waals surface area contributed by atoms with Crippen molar-refractivity contribution in [1.29, 1.82) is 0 Å².